The Bertz CT molecular complexity index is 1030. The molecule has 2 aromatic rings. The zero-order valence-electron chi connectivity index (χ0n) is 17.4. The molecule has 1 amide bonds. The number of aromatic nitrogens is 4. The van der Waals surface area contributed by atoms with Crippen LogP contribution in [0.4, 0.5) is 22.2 Å². The average molecular weight is 396 g/mol. The van der Waals surface area contributed by atoms with Gasteiger partial charge in [0.15, 0.2) is 17.1 Å². The molecule has 0 aliphatic heterocycles. The van der Waals surface area contributed by atoms with E-state index in [0.717, 1.165) is 4.57 Å². The molecule has 2 N–H and O–H groups in total. The van der Waals surface area contributed by atoms with Gasteiger partial charge >= 0.3 is 6.03 Å². The highest BCUT2D eigenvalue weighted by atomic mass is 16.2. The molecule has 11 heteroatoms. The van der Waals surface area contributed by atoms with Crippen LogP contribution in [0.25, 0.3) is 0 Å². The lowest BCUT2D eigenvalue weighted by atomic mass is 9.91. The molecule has 2 aromatic heterocycles. The largest absolute Gasteiger partial charge is 0.382 e. The smallest absolute Gasteiger partial charge is 0.332 e. The van der Waals surface area contributed by atoms with Gasteiger partial charge in [-0.3, -0.25) is 4.68 Å². The molecule has 0 fully saturated rings. The second-order valence-corrected chi connectivity index (χ2v) is 7.28. The van der Waals surface area contributed by atoms with E-state index in [2.05, 4.69) is 20.3 Å². The lowest BCUT2D eigenvalue weighted by Crippen LogP contribution is -2.34. The van der Waals surface area contributed by atoms with Crippen LogP contribution in [0, 0.1) is 22.7 Å². The van der Waals surface area contributed by atoms with Crippen molar-refractivity contribution in [3.8, 4) is 12.1 Å². The lowest BCUT2D eigenvalue weighted by molar-refractivity contribution is 0.205. The maximum Gasteiger partial charge on any atom is 0.332 e. The summed E-state index contributed by atoms with van der Waals surface area (Å²) < 4.78 is 2.49. The molecule has 0 bridgehead atoms. The van der Waals surface area contributed by atoms with Crippen LogP contribution in [0.1, 0.15) is 51.7 Å². The van der Waals surface area contributed by atoms with Gasteiger partial charge in [-0.15, -0.1) is 10.2 Å². The normalized spacial score (nSPS) is 11.4. The number of hydrogen-bond donors (Lipinski definition) is 1. The third-order valence-corrected chi connectivity index (χ3v) is 4.31. The third-order valence-electron chi connectivity index (χ3n) is 4.31. The average Bonchev–Trinajstić information content (AvgIpc) is 3.18. The van der Waals surface area contributed by atoms with Crippen molar-refractivity contribution in [1.82, 2.24) is 24.2 Å². The number of nitrogens with zero attached hydrogens (tertiary/aromatic N) is 9. The van der Waals surface area contributed by atoms with E-state index in [1.165, 1.54) is 9.58 Å². The van der Waals surface area contributed by atoms with Gasteiger partial charge in [0.2, 0.25) is 0 Å². The third kappa shape index (κ3) is 3.94. The van der Waals surface area contributed by atoms with Crippen molar-refractivity contribution in [2.75, 3.05) is 18.8 Å². The van der Waals surface area contributed by atoms with Crippen LogP contribution in [-0.2, 0) is 12.5 Å². The first-order valence-corrected chi connectivity index (χ1v) is 9.07. The molecule has 0 unspecified atom stereocenters. The van der Waals surface area contributed by atoms with E-state index in [0.29, 0.717) is 30.3 Å². The van der Waals surface area contributed by atoms with Gasteiger partial charge in [0.05, 0.1) is 5.69 Å². The number of hydrogen-bond acceptors (Lipinski definition) is 8. The van der Waals surface area contributed by atoms with E-state index in [9.17, 15) is 15.3 Å². The molecule has 0 aliphatic carbocycles. The molecule has 0 spiro atoms. The second-order valence-electron chi connectivity index (χ2n) is 7.28. The number of nitrogen functional groups attached to an aromatic ring is 1. The van der Waals surface area contributed by atoms with Gasteiger partial charge in [0, 0.05) is 25.6 Å². The van der Waals surface area contributed by atoms with Gasteiger partial charge in [-0.25, -0.2) is 9.36 Å². The zero-order chi connectivity index (χ0) is 21.9. The van der Waals surface area contributed by atoms with Gasteiger partial charge in [-0.2, -0.15) is 20.6 Å². The number of carbonyl (C=O) groups is 1. The molecular formula is C18H24N10O. The minimum Gasteiger partial charge on any atom is -0.382 e. The number of aryl methyl sites for hydroxylation is 1. The van der Waals surface area contributed by atoms with E-state index in [1.807, 2.05) is 46.8 Å². The number of carbonyl (C=O) groups excluding carboxylic acids is 1. The van der Waals surface area contributed by atoms with Crippen molar-refractivity contribution in [2.24, 2.45) is 17.3 Å². The molecule has 0 radical (unpaired) electrons. The number of azo groups is 1. The van der Waals surface area contributed by atoms with Crippen molar-refractivity contribution >= 4 is 23.5 Å². The van der Waals surface area contributed by atoms with Crippen LogP contribution in [-0.4, -0.2) is 43.4 Å². The summed E-state index contributed by atoms with van der Waals surface area (Å²) in [5.74, 6) is 0.131. The van der Waals surface area contributed by atoms with Crippen molar-refractivity contribution in [2.45, 2.75) is 40.0 Å². The molecule has 0 saturated carbocycles. The number of nitrogens with two attached hydrogens (primary N) is 1. The van der Waals surface area contributed by atoms with E-state index >= 15 is 0 Å². The molecule has 0 saturated heterocycles. The number of rotatable bonds is 4. The summed E-state index contributed by atoms with van der Waals surface area (Å²) in [7, 11) is 1.69. The Morgan fingerprint density at radius 3 is 2.31 bits per heavy atom. The highest BCUT2D eigenvalue weighted by molar-refractivity contribution is 5.82. The fraction of sp³-hybridized carbons (Fsp3) is 0.500. The van der Waals surface area contributed by atoms with Crippen LogP contribution in [0.2, 0.25) is 0 Å². The first kappa shape index (κ1) is 21.6. The summed E-state index contributed by atoms with van der Waals surface area (Å²) in [6.45, 7) is 10.3. The summed E-state index contributed by atoms with van der Waals surface area (Å²) in [5.41, 5.74) is 6.31. The van der Waals surface area contributed by atoms with Gasteiger partial charge < -0.3 is 10.6 Å². The van der Waals surface area contributed by atoms with Gasteiger partial charge in [-0.05, 0) is 13.8 Å². The first-order valence-electron chi connectivity index (χ1n) is 9.07. The van der Waals surface area contributed by atoms with Gasteiger partial charge in [0.1, 0.15) is 18.0 Å². The summed E-state index contributed by atoms with van der Waals surface area (Å²) in [4.78, 5) is 18.4. The number of nitriles is 2. The SMILES string of the molecule is CCN(CC)C(=O)n1c(N=Nc2c(C(C)(C)C)nn(C)c2N)nc(C#N)c1C#N. The maximum absolute atomic E-state index is 12.9. The molecular weight excluding hydrogens is 372 g/mol. The fourth-order valence-electron chi connectivity index (χ4n) is 2.70. The van der Waals surface area contributed by atoms with Gasteiger partial charge in [0.25, 0.3) is 5.95 Å². The number of imidazole rings is 1. The van der Waals surface area contributed by atoms with Gasteiger partial charge in [-0.1, -0.05) is 20.8 Å². The van der Waals surface area contributed by atoms with Crippen molar-refractivity contribution in [3.05, 3.63) is 17.1 Å². The monoisotopic (exact) mass is 396 g/mol. The summed E-state index contributed by atoms with van der Waals surface area (Å²) >= 11 is 0. The molecule has 2 rings (SSSR count). The Labute approximate surface area is 169 Å². The molecule has 2 heterocycles. The second kappa shape index (κ2) is 8.10. The number of anilines is 1. The van der Waals surface area contributed by atoms with Crippen LogP contribution in [0.3, 0.4) is 0 Å². The molecule has 0 aromatic carbocycles. The van der Waals surface area contributed by atoms with Crippen molar-refractivity contribution < 1.29 is 4.79 Å². The highest BCUT2D eigenvalue weighted by Crippen LogP contribution is 2.36. The molecule has 0 atom stereocenters. The lowest BCUT2D eigenvalue weighted by Gasteiger charge is -2.19. The predicted molar refractivity (Wildman–Crippen MR) is 106 cm³/mol. The van der Waals surface area contributed by atoms with E-state index in [-0.39, 0.29) is 22.8 Å². The Kier molecular flexibility index (Phi) is 6.03. The minimum absolute atomic E-state index is 0.168. The van der Waals surface area contributed by atoms with Crippen LogP contribution in [0.15, 0.2) is 10.2 Å². The molecule has 152 valence electrons. The van der Waals surface area contributed by atoms with Crippen LogP contribution in [0.5, 0.6) is 0 Å². The Morgan fingerprint density at radius 2 is 1.83 bits per heavy atom. The van der Waals surface area contributed by atoms with Crippen molar-refractivity contribution in [1.29, 1.82) is 10.5 Å². The van der Waals surface area contributed by atoms with E-state index in [4.69, 9.17) is 5.73 Å². The van der Waals surface area contributed by atoms with Crippen LogP contribution < -0.4 is 5.73 Å². The Hall–Kier alpha value is -3.73. The quantitative estimate of drug-likeness (QED) is 0.783. The predicted octanol–water partition coefficient (Wildman–Crippen LogP) is 2.96. The standard InChI is InChI=1S/C18H24N10O/c1-7-27(8-2)17(29)28-12(10-20)11(9-19)22-16(28)24-23-13-14(18(3,4)5)25-26(6)15(13)21/h7-8,21H2,1-6H3. The molecule has 0 aliphatic rings. The Balaban J connectivity index is 2.67. The van der Waals surface area contributed by atoms with Crippen molar-refractivity contribution in [3.63, 3.8) is 0 Å². The summed E-state index contributed by atoms with van der Waals surface area (Å²) in [5, 5.41) is 31.4. The van der Waals surface area contributed by atoms with Crippen LogP contribution >= 0.6 is 0 Å². The van der Waals surface area contributed by atoms with E-state index in [1.54, 1.807) is 7.05 Å². The van der Waals surface area contributed by atoms with E-state index < -0.39 is 6.03 Å². The topological polar surface area (TPSA) is 154 Å². The zero-order valence-corrected chi connectivity index (χ0v) is 17.4. The fourth-order valence-corrected chi connectivity index (χ4v) is 2.70. The first-order chi connectivity index (χ1) is 13.6. The molecule has 29 heavy (non-hydrogen) atoms. The minimum atomic E-state index is -0.510. The number of amides is 1. The molecule has 11 nitrogen and oxygen atoms in total. The summed E-state index contributed by atoms with van der Waals surface area (Å²) in [6.07, 6.45) is 0. The Morgan fingerprint density at radius 1 is 1.21 bits per heavy atom. The maximum atomic E-state index is 12.9. The summed E-state index contributed by atoms with van der Waals surface area (Å²) in [6, 6.07) is 3.17. The highest BCUT2D eigenvalue weighted by Gasteiger charge is 2.27.